The third kappa shape index (κ3) is 2.77. The van der Waals surface area contributed by atoms with Crippen LogP contribution in [0.2, 0.25) is 0 Å². The highest BCUT2D eigenvalue weighted by Gasteiger charge is 2.17. The summed E-state index contributed by atoms with van der Waals surface area (Å²) in [7, 11) is 0. The van der Waals surface area contributed by atoms with Crippen molar-refractivity contribution in [2.75, 3.05) is 17.2 Å². The molecule has 1 aliphatic rings. The summed E-state index contributed by atoms with van der Waals surface area (Å²) in [5.41, 5.74) is 2.18. The van der Waals surface area contributed by atoms with Crippen LogP contribution in [-0.2, 0) is 17.9 Å². The number of carbonyl (C=O) groups excluding carboxylic acids is 1. The molecule has 25 heavy (non-hydrogen) atoms. The minimum atomic E-state index is -0.153. The number of hydrogen-bond donors (Lipinski definition) is 2. The molecule has 0 aliphatic carbocycles. The van der Waals surface area contributed by atoms with E-state index in [1.807, 2.05) is 34.4 Å². The predicted octanol–water partition coefficient (Wildman–Crippen LogP) is 1.96. The Labute approximate surface area is 144 Å². The van der Waals surface area contributed by atoms with E-state index in [1.54, 1.807) is 18.3 Å². The van der Waals surface area contributed by atoms with Crippen LogP contribution < -0.4 is 16.1 Å². The number of para-hydroxylation sites is 1. The molecule has 7 nitrogen and oxygen atoms in total. The average Bonchev–Trinajstić information content (AvgIpc) is 3.02. The van der Waals surface area contributed by atoms with Gasteiger partial charge in [-0.25, -0.2) is 4.68 Å². The lowest BCUT2D eigenvalue weighted by molar-refractivity contribution is -0.116. The van der Waals surface area contributed by atoms with Crippen molar-refractivity contribution in [3.8, 4) is 0 Å². The van der Waals surface area contributed by atoms with Crippen LogP contribution >= 0.6 is 0 Å². The van der Waals surface area contributed by atoms with E-state index < -0.39 is 0 Å². The number of aromatic nitrogens is 3. The summed E-state index contributed by atoms with van der Waals surface area (Å²) in [5.74, 6) is 0.696. The van der Waals surface area contributed by atoms with Crippen molar-refractivity contribution >= 4 is 28.3 Å². The molecule has 2 N–H and O–H groups in total. The minimum absolute atomic E-state index is 0.0281. The summed E-state index contributed by atoms with van der Waals surface area (Å²) >= 11 is 0. The van der Waals surface area contributed by atoms with Crippen molar-refractivity contribution in [1.29, 1.82) is 0 Å². The van der Waals surface area contributed by atoms with Gasteiger partial charge in [-0.05, 0) is 25.5 Å². The van der Waals surface area contributed by atoms with Gasteiger partial charge in [0.1, 0.15) is 18.1 Å². The van der Waals surface area contributed by atoms with E-state index >= 15 is 0 Å². The monoisotopic (exact) mass is 337 g/mol. The van der Waals surface area contributed by atoms with E-state index in [-0.39, 0.29) is 17.9 Å². The maximum Gasteiger partial charge on any atom is 0.244 e. The molecular formula is C18H19N5O2. The first-order chi connectivity index (χ1) is 12.1. The van der Waals surface area contributed by atoms with Gasteiger partial charge in [-0.2, -0.15) is 5.10 Å². The van der Waals surface area contributed by atoms with Crippen LogP contribution in [0, 0.1) is 6.92 Å². The van der Waals surface area contributed by atoms with E-state index in [9.17, 15) is 9.59 Å². The molecule has 0 spiro atoms. The van der Waals surface area contributed by atoms with Gasteiger partial charge >= 0.3 is 0 Å². The van der Waals surface area contributed by atoms with Gasteiger partial charge in [0.15, 0.2) is 5.43 Å². The lowest BCUT2D eigenvalue weighted by atomic mass is 10.2. The summed E-state index contributed by atoms with van der Waals surface area (Å²) in [6, 6.07) is 8.91. The molecule has 3 aromatic rings. The normalized spacial score (nSPS) is 13.3. The van der Waals surface area contributed by atoms with Crippen LogP contribution in [0.15, 0.2) is 41.3 Å². The largest absolute Gasteiger partial charge is 0.368 e. The van der Waals surface area contributed by atoms with Gasteiger partial charge in [0, 0.05) is 30.2 Å². The third-order valence-electron chi connectivity index (χ3n) is 4.48. The number of hydrogen-bond acceptors (Lipinski definition) is 4. The van der Waals surface area contributed by atoms with Gasteiger partial charge in [-0.1, -0.05) is 12.1 Å². The number of carbonyl (C=O) groups is 1. The first-order valence-electron chi connectivity index (χ1n) is 8.32. The second kappa shape index (κ2) is 6.08. The molecule has 1 amide bonds. The molecule has 0 fully saturated rings. The summed E-state index contributed by atoms with van der Waals surface area (Å²) in [5, 5.41) is 11.1. The maximum atomic E-state index is 12.6. The standard InChI is InChI=1S/C18H19N5O2/c1-12-9-16(24)13-5-2-3-6-15(13)22(12)11-17(25)21-14-10-20-23-8-4-7-19-18(14)23/h2-3,5-6,9-10,19H,4,7-8,11H2,1H3,(H,21,25). The Morgan fingerprint density at radius 3 is 3.08 bits per heavy atom. The molecule has 0 atom stereocenters. The highest BCUT2D eigenvalue weighted by Crippen LogP contribution is 2.24. The van der Waals surface area contributed by atoms with E-state index in [2.05, 4.69) is 15.7 Å². The van der Waals surface area contributed by atoms with Crippen LogP contribution in [0.25, 0.3) is 10.9 Å². The Balaban J connectivity index is 1.62. The Morgan fingerprint density at radius 1 is 1.36 bits per heavy atom. The highest BCUT2D eigenvalue weighted by atomic mass is 16.2. The average molecular weight is 337 g/mol. The molecule has 1 aromatic carbocycles. The summed E-state index contributed by atoms with van der Waals surface area (Å²) in [6.07, 6.45) is 2.69. The number of amides is 1. The van der Waals surface area contributed by atoms with E-state index in [0.717, 1.165) is 36.5 Å². The highest BCUT2D eigenvalue weighted by molar-refractivity contribution is 5.94. The van der Waals surface area contributed by atoms with E-state index in [1.165, 1.54) is 0 Å². The number of nitrogens with one attached hydrogen (secondary N) is 2. The molecule has 0 bridgehead atoms. The number of rotatable bonds is 3. The van der Waals surface area contributed by atoms with Crippen molar-refractivity contribution in [1.82, 2.24) is 14.3 Å². The molecule has 0 saturated carbocycles. The van der Waals surface area contributed by atoms with Gasteiger partial charge in [-0.3, -0.25) is 9.59 Å². The van der Waals surface area contributed by atoms with Crippen LogP contribution in [0.1, 0.15) is 12.1 Å². The van der Waals surface area contributed by atoms with Crippen LogP contribution in [0.4, 0.5) is 11.5 Å². The fourth-order valence-corrected chi connectivity index (χ4v) is 3.26. The van der Waals surface area contributed by atoms with Gasteiger partial charge in [0.05, 0.1) is 11.7 Å². The summed E-state index contributed by atoms with van der Waals surface area (Å²) in [6.45, 7) is 3.70. The molecule has 1 aliphatic heterocycles. The number of pyridine rings is 1. The zero-order valence-corrected chi connectivity index (χ0v) is 14.0. The lowest BCUT2D eigenvalue weighted by Crippen LogP contribution is -2.23. The van der Waals surface area contributed by atoms with Gasteiger partial charge in [-0.15, -0.1) is 0 Å². The Kier molecular flexibility index (Phi) is 3.76. The van der Waals surface area contributed by atoms with Gasteiger partial charge in [0.25, 0.3) is 0 Å². The quantitative estimate of drug-likeness (QED) is 0.765. The fourth-order valence-electron chi connectivity index (χ4n) is 3.26. The molecule has 4 rings (SSSR count). The summed E-state index contributed by atoms with van der Waals surface area (Å²) < 4.78 is 3.72. The second-order valence-corrected chi connectivity index (χ2v) is 6.21. The number of benzene rings is 1. The van der Waals surface area contributed by atoms with Crippen molar-refractivity contribution in [3.05, 3.63) is 52.4 Å². The smallest absolute Gasteiger partial charge is 0.244 e. The lowest BCUT2D eigenvalue weighted by Gasteiger charge is -2.18. The van der Waals surface area contributed by atoms with Crippen molar-refractivity contribution in [3.63, 3.8) is 0 Å². The first-order valence-corrected chi connectivity index (χ1v) is 8.32. The van der Waals surface area contributed by atoms with Crippen molar-refractivity contribution in [2.24, 2.45) is 0 Å². The number of nitrogens with zero attached hydrogens (tertiary/aromatic N) is 3. The minimum Gasteiger partial charge on any atom is -0.368 e. The van der Waals surface area contributed by atoms with E-state index in [4.69, 9.17) is 0 Å². The Bertz CT molecular complexity index is 1020. The third-order valence-corrected chi connectivity index (χ3v) is 4.48. The Morgan fingerprint density at radius 2 is 2.20 bits per heavy atom. The van der Waals surface area contributed by atoms with E-state index in [0.29, 0.717) is 11.1 Å². The van der Waals surface area contributed by atoms with Crippen LogP contribution in [0.5, 0.6) is 0 Å². The topological polar surface area (TPSA) is 81.0 Å². The van der Waals surface area contributed by atoms with Crippen LogP contribution in [-0.4, -0.2) is 26.8 Å². The maximum absolute atomic E-state index is 12.6. The fraction of sp³-hybridized carbons (Fsp3) is 0.278. The molecule has 3 heterocycles. The molecule has 2 aromatic heterocycles. The molecule has 7 heteroatoms. The molecule has 0 radical (unpaired) electrons. The van der Waals surface area contributed by atoms with Crippen molar-refractivity contribution < 1.29 is 4.79 Å². The van der Waals surface area contributed by atoms with Crippen LogP contribution in [0.3, 0.4) is 0 Å². The molecule has 0 saturated heterocycles. The summed E-state index contributed by atoms with van der Waals surface area (Å²) in [4.78, 5) is 24.7. The second-order valence-electron chi connectivity index (χ2n) is 6.21. The molecule has 0 unspecified atom stereocenters. The number of anilines is 2. The SMILES string of the molecule is Cc1cc(=O)c2ccccc2n1CC(=O)Nc1cnn2c1NCCC2. The predicted molar refractivity (Wildman–Crippen MR) is 96.9 cm³/mol. The van der Waals surface area contributed by atoms with Gasteiger partial charge < -0.3 is 15.2 Å². The van der Waals surface area contributed by atoms with Gasteiger partial charge in [0.2, 0.25) is 5.91 Å². The number of aryl methyl sites for hydroxylation is 2. The Hall–Kier alpha value is -3.09. The molecular weight excluding hydrogens is 318 g/mol. The zero-order valence-electron chi connectivity index (χ0n) is 14.0. The van der Waals surface area contributed by atoms with Crippen molar-refractivity contribution in [2.45, 2.75) is 26.4 Å². The zero-order chi connectivity index (χ0) is 17.4. The molecule has 128 valence electrons. The first kappa shape index (κ1) is 15.4. The number of fused-ring (bicyclic) bond motifs is 2.